The zero-order valence-electron chi connectivity index (χ0n) is 13.9. The van der Waals surface area contributed by atoms with Crippen LogP contribution < -0.4 is 14.8 Å². The summed E-state index contributed by atoms with van der Waals surface area (Å²) >= 11 is 0. The number of amides is 1. The summed E-state index contributed by atoms with van der Waals surface area (Å²) in [6, 6.07) is 13.6. The fourth-order valence-electron chi connectivity index (χ4n) is 2.77. The van der Waals surface area contributed by atoms with Gasteiger partial charge < -0.3 is 14.8 Å². The number of nitrogens with one attached hydrogen (secondary N) is 1. The van der Waals surface area contributed by atoms with E-state index in [2.05, 4.69) is 11.4 Å². The minimum Gasteiger partial charge on any atom is -0.497 e. The van der Waals surface area contributed by atoms with E-state index in [1.807, 2.05) is 43.3 Å². The van der Waals surface area contributed by atoms with E-state index >= 15 is 0 Å². The molecule has 1 amide bonds. The van der Waals surface area contributed by atoms with Gasteiger partial charge in [-0.15, -0.1) is 0 Å². The van der Waals surface area contributed by atoms with Crippen LogP contribution in [0, 0.1) is 6.92 Å². The molecule has 1 heterocycles. The molecule has 1 N–H and O–H groups in total. The lowest BCUT2D eigenvalue weighted by atomic mass is 9.98. The molecule has 0 aliphatic carbocycles. The molecule has 3 rings (SSSR count). The second kappa shape index (κ2) is 7.21. The number of hydrogen-bond acceptors (Lipinski definition) is 3. The fourth-order valence-corrected chi connectivity index (χ4v) is 2.77. The van der Waals surface area contributed by atoms with Gasteiger partial charge in [0.25, 0.3) is 0 Å². The van der Waals surface area contributed by atoms with Gasteiger partial charge in [-0.2, -0.15) is 0 Å². The fraction of sp³-hybridized carbons (Fsp3) is 0.250. The molecule has 4 nitrogen and oxygen atoms in total. The van der Waals surface area contributed by atoms with Crippen molar-refractivity contribution in [3.63, 3.8) is 0 Å². The van der Waals surface area contributed by atoms with Crippen molar-refractivity contribution in [1.29, 1.82) is 0 Å². The molecule has 0 radical (unpaired) electrons. The molecule has 0 bridgehead atoms. The van der Waals surface area contributed by atoms with Crippen LogP contribution in [0.5, 0.6) is 11.5 Å². The van der Waals surface area contributed by atoms with Crippen molar-refractivity contribution in [3.8, 4) is 11.5 Å². The Labute approximate surface area is 142 Å². The Bertz CT molecular complexity index is 750. The van der Waals surface area contributed by atoms with Crippen molar-refractivity contribution in [2.75, 3.05) is 13.7 Å². The minimum absolute atomic E-state index is 0.0123. The van der Waals surface area contributed by atoms with Crippen molar-refractivity contribution in [2.45, 2.75) is 19.4 Å². The Hall–Kier alpha value is -2.75. The Morgan fingerprint density at radius 3 is 2.79 bits per heavy atom. The normalized spacial score (nSPS) is 16.3. The molecule has 1 aliphatic heterocycles. The van der Waals surface area contributed by atoms with Crippen molar-refractivity contribution in [2.24, 2.45) is 0 Å². The summed E-state index contributed by atoms with van der Waals surface area (Å²) in [4.78, 5) is 12.2. The topological polar surface area (TPSA) is 47.6 Å². The van der Waals surface area contributed by atoms with E-state index < -0.39 is 0 Å². The highest BCUT2D eigenvalue weighted by Gasteiger charge is 2.22. The third-order valence-corrected chi connectivity index (χ3v) is 4.06. The predicted molar refractivity (Wildman–Crippen MR) is 94.2 cm³/mol. The number of rotatable bonds is 4. The van der Waals surface area contributed by atoms with Crippen LogP contribution in [-0.4, -0.2) is 19.6 Å². The first kappa shape index (κ1) is 16.1. The van der Waals surface area contributed by atoms with Crippen LogP contribution in [0.1, 0.15) is 29.2 Å². The monoisotopic (exact) mass is 323 g/mol. The van der Waals surface area contributed by atoms with Crippen LogP contribution in [0.4, 0.5) is 0 Å². The van der Waals surface area contributed by atoms with Crippen molar-refractivity contribution < 1.29 is 14.3 Å². The smallest absolute Gasteiger partial charge is 0.244 e. The van der Waals surface area contributed by atoms with E-state index in [0.717, 1.165) is 34.6 Å². The molecule has 124 valence electrons. The van der Waals surface area contributed by atoms with Crippen LogP contribution in [0.25, 0.3) is 6.08 Å². The zero-order valence-corrected chi connectivity index (χ0v) is 13.9. The van der Waals surface area contributed by atoms with Crippen molar-refractivity contribution in [1.82, 2.24) is 5.32 Å². The Balaban J connectivity index is 1.67. The highest BCUT2D eigenvalue weighted by Crippen LogP contribution is 2.32. The molecule has 2 aromatic rings. The standard InChI is InChI=1S/C20H21NO3/c1-14-3-9-19-17(13-14)18(11-12-24-19)21-20(22)10-6-15-4-7-16(23-2)8-5-15/h3-10,13,18H,11-12H2,1-2H3,(H,21,22)/b10-6+. The lowest BCUT2D eigenvalue weighted by Gasteiger charge is -2.26. The van der Waals surface area contributed by atoms with Gasteiger partial charge >= 0.3 is 0 Å². The number of carbonyl (C=O) groups excluding carboxylic acids is 1. The highest BCUT2D eigenvalue weighted by molar-refractivity contribution is 5.92. The van der Waals surface area contributed by atoms with Gasteiger partial charge in [0.15, 0.2) is 0 Å². The Morgan fingerprint density at radius 1 is 1.25 bits per heavy atom. The summed E-state index contributed by atoms with van der Waals surface area (Å²) in [6.07, 6.45) is 4.14. The van der Waals surface area contributed by atoms with Crippen LogP contribution in [0.2, 0.25) is 0 Å². The van der Waals surface area contributed by atoms with Gasteiger partial charge in [0, 0.05) is 18.1 Å². The average Bonchev–Trinajstić information content (AvgIpc) is 2.61. The first-order valence-corrected chi connectivity index (χ1v) is 8.01. The van der Waals surface area contributed by atoms with E-state index in [4.69, 9.17) is 9.47 Å². The third-order valence-electron chi connectivity index (χ3n) is 4.06. The second-order valence-corrected chi connectivity index (χ2v) is 5.85. The zero-order chi connectivity index (χ0) is 16.9. The van der Waals surface area contributed by atoms with E-state index in [1.165, 1.54) is 0 Å². The van der Waals surface area contributed by atoms with Crippen molar-refractivity contribution in [3.05, 3.63) is 65.2 Å². The van der Waals surface area contributed by atoms with E-state index in [0.29, 0.717) is 6.61 Å². The summed E-state index contributed by atoms with van der Waals surface area (Å²) in [5.74, 6) is 1.55. The molecule has 0 saturated heterocycles. The minimum atomic E-state index is -0.106. The summed E-state index contributed by atoms with van der Waals surface area (Å²) in [5.41, 5.74) is 3.16. The van der Waals surface area contributed by atoms with E-state index in [1.54, 1.807) is 19.3 Å². The molecule has 1 aliphatic rings. The highest BCUT2D eigenvalue weighted by atomic mass is 16.5. The largest absolute Gasteiger partial charge is 0.497 e. The number of fused-ring (bicyclic) bond motifs is 1. The molecular weight excluding hydrogens is 302 g/mol. The number of ether oxygens (including phenoxy) is 2. The molecule has 24 heavy (non-hydrogen) atoms. The number of aryl methyl sites for hydroxylation is 1. The molecule has 0 spiro atoms. The molecule has 0 fully saturated rings. The van der Waals surface area contributed by atoms with Gasteiger partial charge in [-0.05, 0) is 36.8 Å². The predicted octanol–water partition coefficient (Wildman–Crippen LogP) is 3.66. The molecule has 0 saturated carbocycles. The van der Waals surface area contributed by atoms with E-state index in [-0.39, 0.29) is 11.9 Å². The van der Waals surface area contributed by atoms with Gasteiger partial charge in [-0.1, -0.05) is 29.8 Å². The van der Waals surface area contributed by atoms with Gasteiger partial charge in [0.1, 0.15) is 11.5 Å². The molecule has 4 heteroatoms. The maximum Gasteiger partial charge on any atom is 0.244 e. The first-order valence-electron chi connectivity index (χ1n) is 8.01. The summed E-state index contributed by atoms with van der Waals surface area (Å²) in [6.45, 7) is 2.65. The number of methoxy groups -OCH3 is 1. The summed E-state index contributed by atoms with van der Waals surface area (Å²) in [5, 5.41) is 3.06. The lowest BCUT2D eigenvalue weighted by Crippen LogP contribution is -2.31. The SMILES string of the molecule is COc1ccc(/C=C/C(=O)NC2CCOc3ccc(C)cc32)cc1. The van der Waals surface area contributed by atoms with E-state index in [9.17, 15) is 4.79 Å². The van der Waals surface area contributed by atoms with Gasteiger partial charge in [0.2, 0.25) is 5.91 Å². The molecule has 1 atom stereocenters. The Morgan fingerprint density at radius 2 is 2.04 bits per heavy atom. The van der Waals surface area contributed by atoms with Crippen LogP contribution in [0.3, 0.4) is 0 Å². The number of benzene rings is 2. The van der Waals surface area contributed by atoms with Crippen LogP contribution in [-0.2, 0) is 4.79 Å². The summed E-state index contributed by atoms with van der Waals surface area (Å²) < 4.78 is 10.8. The average molecular weight is 323 g/mol. The maximum absolute atomic E-state index is 12.2. The van der Waals surface area contributed by atoms with Gasteiger partial charge in [-0.25, -0.2) is 0 Å². The van der Waals surface area contributed by atoms with Crippen molar-refractivity contribution >= 4 is 12.0 Å². The van der Waals surface area contributed by atoms with Crippen LogP contribution >= 0.6 is 0 Å². The van der Waals surface area contributed by atoms with Gasteiger partial charge in [0.05, 0.1) is 19.8 Å². The number of hydrogen-bond donors (Lipinski definition) is 1. The molecule has 2 aromatic carbocycles. The van der Waals surface area contributed by atoms with Gasteiger partial charge in [-0.3, -0.25) is 4.79 Å². The number of carbonyl (C=O) groups is 1. The maximum atomic E-state index is 12.2. The Kier molecular flexibility index (Phi) is 4.85. The third kappa shape index (κ3) is 3.77. The first-order chi connectivity index (χ1) is 11.7. The second-order valence-electron chi connectivity index (χ2n) is 5.85. The quantitative estimate of drug-likeness (QED) is 0.874. The van der Waals surface area contributed by atoms with Crippen LogP contribution in [0.15, 0.2) is 48.5 Å². The summed E-state index contributed by atoms with van der Waals surface area (Å²) in [7, 11) is 1.63. The lowest BCUT2D eigenvalue weighted by molar-refractivity contribution is -0.117. The molecule has 0 aromatic heterocycles. The molecular formula is C20H21NO3. The molecule has 1 unspecified atom stereocenters.